The van der Waals surface area contributed by atoms with Crippen LogP contribution in [-0.4, -0.2) is 67.0 Å². The molecule has 9 heteroatoms. The average molecular weight is 412 g/mol. The molecule has 0 aromatic heterocycles. The third kappa shape index (κ3) is 36.5. The molecular weight excluding hydrogens is 375 g/mol. The van der Waals surface area contributed by atoms with Gasteiger partial charge >= 0.3 is 0 Å². The molecule has 0 amide bonds. The summed E-state index contributed by atoms with van der Waals surface area (Å²) < 4.78 is 57.9. The van der Waals surface area contributed by atoms with E-state index in [-0.39, 0.29) is 41.1 Å². The second-order valence-electron chi connectivity index (χ2n) is 6.11. The molecule has 0 saturated heterocycles. The van der Waals surface area contributed by atoms with Gasteiger partial charge in [0.1, 0.15) is 0 Å². The van der Waals surface area contributed by atoms with Crippen LogP contribution < -0.4 is 0 Å². The molecule has 0 aliphatic heterocycles. The number of hydrogen-bond acceptors (Lipinski definition) is 4. The van der Waals surface area contributed by atoms with Crippen LogP contribution in [0.4, 0.5) is 0 Å². The van der Waals surface area contributed by atoms with E-state index in [0.29, 0.717) is 12.8 Å². The van der Waals surface area contributed by atoms with E-state index in [9.17, 15) is 16.8 Å². The van der Waals surface area contributed by atoms with Crippen molar-refractivity contribution >= 4 is 49.8 Å². The minimum atomic E-state index is -3.72. The van der Waals surface area contributed by atoms with Gasteiger partial charge < -0.3 is 0 Å². The van der Waals surface area contributed by atoms with Gasteiger partial charge in [-0.3, -0.25) is 9.11 Å². The van der Waals surface area contributed by atoms with E-state index < -0.39 is 20.2 Å². The zero-order chi connectivity index (χ0) is 18.9. The monoisotopic (exact) mass is 411 g/mol. The smallest absolute Gasteiger partial charge is 0.264 e. The fourth-order valence-corrected chi connectivity index (χ4v) is 3.27. The summed E-state index contributed by atoms with van der Waals surface area (Å²) in [5, 5.41) is 0. The van der Waals surface area contributed by atoms with Crippen molar-refractivity contribution in [3.05, 3.63) is 0 Å². The van der Waals surface area contributed by atoms with E-state index >= 15 is 0 Å². The Morgan fingerprint density at radius 1 is 0.520 bits per heavy atom. The van der Waals surface area contributed by atoms with Gasteiger partial charge in [0.15, 0.2) is 0 Å². The second kappa shape index (κ2) is 19.6. The number of rotatable bonds is 14. The van der Waals surface area contributed by atoms with Gasteiger partial charge in [-0.2, -0.15) is 16.8 Å². The molecule has 2 N–H and O–H groups in total. The van der Waals surface area contributed by atoms with Crippen molar-refractivity contribution < 1.29 is 25.9 Å². The van der Waals surface area contributed by atoms with Gasteiger partial charge in [0.2, 0.25) is 0 Å². The standard InChI is InChI=1S/2C8H18O3S.Na/c2*1-2-3-4-5-6-7-8-12(9,10)11;/h2*2-8H2,1H3,(H,9,10,11);. The Morgan fingerprint density at radius 2 is 0.760 bits per heavy atom. The Morgan fingerprint density at radius 3 is 1.00 bits per heavy atom. The largest absolute Gasteiger partial charge is 0.286 e. The molecule has 0 spiro atoms. The van der Waals surface area contributed by atoms with Gasteiger partial charge in [0, 0.05) is 29.6 Å². The molecule has 0 aromatic rings. The summed E-state index contributed by atoms with van der Waals surface area (Å²) in [7, 11) is -7.43. The quantitative estimate of drug-likeness (QED) is 0.253. The Hall–Kier alpha value is 0.820. The molecule has 0 atom stereocenters. The van der Waals surface area contributed by atoms with Gasteiger partial charge in [-0.15, -0.1) is 0 Å². The van der Waals surface area contributed by atoms with E-state index in [0.717, 1.165) is 25.7 Å². The molecule has 0 saturated carbocycles. The van der Waals surface area contributed by atoms with E-state index in [2.05, 4.69) is 13.8 Å². The molecule has 0 rings (SSSR count). The van der Waals surface area contributed by atoms with Crippen LogP contribution in [0, 0.1) is 0 Å². The van der Waals surface area contributed by atoms with Crippen LogP contribution in [-0.2, 0) is 20.2 Å². The van der Waals surface area contributed by atoms with E-state index in [1.807, 2.05) is 0 Å². The van der Waals surface area contributed by atoms with Crippen molar-refractivity contribution in [2.24, 2.45) is 0 Å². The molecular formula is C16H36NaO6S2. The summed E-state index contributed by atoms with van der Waals surface area (Å²) in [5.41, 5.74) is 0. The molecule has 0 aromatic carbocycles. The zero-order valence-electron chi connectivity index (χ0n) is 16.2. The summed E-state index contributed by atoms with van der Waals surface area (Å²) in [5.74, 6) is -0.168. The van der Waals surface area contributed by atoms with Gasteiger partial charge in [0.25, 0.3) is 20.2 Å². The van der Waals surface area contributed by atoms with Crippen LogP contribution in [0.5, 0.6) is 0 Å². The van der Waals surface area contributed by atoms with Crippen molar-refractivity contribution in [2.45, 2.75) is 90.9 Å². The summed E-state index contributed by atoms with van der Waals surface area (Å²) in [6, 6.07) is 0. The molecule has 149 valence electrons. The Bertz CT molecular complexity index is 419. The molecule has 0 aliphatic rings. The zero-order valence-corrected chi connectivity index (χ0v) is 19.9. The minimum Gasteiger partial charge on any atom is -0.286 e. The van der Waals surface area contributed by atoms with Gasteiger partial charge in [-0.05, 0) is 12.8 Å². The van der Waals surface area contributed by atoms with E-state index in [1.54, 1.807) is 0 Å². The van der Waals surface area contributed by atoms with Crippen LogP contribution in [0.15, 0.2) is 0 Å². The fourth-order valence-electron chi connectivity index (χ4n) is 2.13. The maximum atomic E-state index is 10.3. The molecule has 0 bridgehead atoms. The first-order chi connectivity index (χ1) is 11.1. The number of unbranched alkanes of at least 4 members (excludes halogenated alkanes) is 10. The predicted octanol–water partition coefficient (Wildman–Crippen LogP) is 4.09. The molecule has 0 aliphatic carbocycles. The molecule has 0 unspecified atom stereocenters. The Balaban J connectivity index is -0.000000372. The maximum absolute atomic E-state index is 10.3. The van der Waals surface area contributed by atoms with Crippen LogP contribution in [0.25, 0.3) is 0 Å². The number of hydrogen-bond donors (Lipinski definition) is 2. The van der Waals surface area contributed by atoms with Crippen LogP contribution in [0.1, 0.15) is 90.9 Å². The Labute approximate surface area is 177 Å². The van der Waals surface area contributed by atoms with Crippen molar-refractivity contribution in [3.8, 4) is 0 Å². The van der Waals surface area contributed by atoms with Crippen molar-refractivity contribution in [3.63, 3.8) is 0 Å². The normalized spacial score (nSPS) is 11.4. The third-order valence-electron chi connectivity index (χ3n) is 3.51. The summed E-state index contributed by atoms with van der Waals surface area (Å²) in [6.07, 6.45) is 12.3. The predicted molar refractivity (Wildman–Crippen MR) is 105 cm³/mol. The minimum absolute atomic E-state index is 0. The van der Waals surface area contributed by atoms with Crippen LogP contribution in [0.2, 0.25) is 0 Å². The molecule has 6 nitrogen and oxygen atoms in total. The van der Waals surface area contributed by atoms with Crippen molar-refractivity contribution in [1.82, 2.24) is 0 Å². The van der Waals surface area contributed by atoms with E-state index in [1.165, 1.54) is 38.5 Å². The van der Waals surface area contributed by atoms with Gasteiger partial charge in [0.05, 0.1) is 11.5 Å². The summed E-state index contributed by atoms with van der Waals surface area (Å²) in [4.78, 5) is 0. The first-order valence-corrected chi connectivity index (χ1v) is 12.2. The average Bonchev–Trinajstić information content (AvgIpc) is 2.45. The van der Waals surface area contributed by atoms with Crippen molar-refractivity contribution in [2.75, 3.05) is 11.5 Å². The second-order valence-corrected chi connectivity index (χ2v) is 9.25. The molecule has 0 heterocycles. The molecule has 25 heavy (non-hydrogen) atoms. The van der Waals surface area contributed by atoms with Crippen LogP contribution in [0.3, 0.4) is 0 Å². The Kier molecular flexibility index (Phi) is 23.9. The first kappa shape index (κ1) is 30.5. The van der Waals surface area contributed by atoms with E-state index in [4.69, 9.17) is 9.11 Å². The molecule has 1 radical (unpaired) electrons. The topological polar surface area (TPSA) is 109 Å². The third-order valence-corrected chi connectivity index (χ3v) is 5.12. The van der Waals surface area contributed by atoms with Crippen LogP contribution >= 0.6 is 0 Å². The first-order valence-electron chi connectivity index (χ1n) is 9.02. The maximum Gasteiger partial charge on any atom is 0.264 e. The van der Waals surface area contributed by atoms with Gasteiger partial charge in [-0.25, -0.2) is 0 Å². The SMILES string of the molecule is CCCCCCCCS(=O)(=O)O.CCCCCCCCS(=O)(=O)O.[Na]. The van der Waals surface area contributed by atoms with Crippen molar-refractivity contribution in [1.29, 1.82) is 0 Å². The summed E-state index contributed by atoms with van der Waals surface area (Å²) >= 11 is 0. The fraction of sp³-hybridized carbons (Fsp3) is 1.00. The van der Waals surface area contributed by atoms with Gasteiger partial charge in [-0.1, -0.05) is 78.1 Å². The summed E-state index contributed by atoms with van der Waals surface area (Å²) in [6.45, 7) is 4.27. The molecule has 0 fully saturated rings.